The molecule has 1 fully saturated rings. The summed E-state index contributed by atoms with van der Waals surface area (Å²) in [5.41, 5.74) is 0.664. The molecule has 0 saturated heterocycles. The van der Waals surface area contributed by atoms with E-state index in [-0.39, 0.29) is 0 Å². The molecule has 0 atom stereocenters. The minimum atomic E-state index is 0.664. The molecule has 1 aliphatic rings. The van der Waals surface area contributed by atoms with Gasteiger partial charge in [-0.2, -0.15) is 0 Å². The van der Waals surface area contributed by atoms with E-state index in [0.717, 1.165) is 6.04 Å². The summed E-state index contributed by atoms with van der Waals surface area (Å²) in [5.74, 6) is 0. The van der Waals surface area contributed by atoms with E-state index in [2.05, 4.69) is 38.5 Å². The molecule has 1 aliphatic carbocycles. The van der Waals surface area contributed by atoms with Gasteiger partial charge in [0, 0.05) is 6.04 Å². The zero-order valence-electron chi connectivity index (χ0n) is 10.8. The van der Waals surface area contributed by atoms with Crippen LogP contribution >= 0.6 is 0 Å². The van der Waals surface area contributed by atoms with Gasteiger partial charge in [0.2, 0.25) is 0 Å². The molecule has 0 aliphatic heterocycles. The van der Waals surface area contributed by atoms with Gasteiger partial charge >= 0.3 is 0 Å². The fraction of sp³-hybridized carbons (Fsp3) is 0.857. The van der Waals surface area contributed by atoms with Gasteiger partial charge in [-0.1, -0.05) is 26.3 Å². The van der Waals surface area contributed by atoms with Gasteiger partial charge in [-0.3, -0.25) is 0 Å². The number of rotatable bonds is 7. The molecule has 0 radical (unpaired) electrons. The van der Waals surface area contributed by atoms with Crippen molar-refractivity contribution in [3.8, 4) is 0 Å². The van der Waals surface area contributed by atoms with E-state index in [1.165, 1.54) is 45.1 Å². The van der Waals surface area contributed by atoms with Crippen LogP contribution in [0.1, 0.15) is 52.4 Å². The molecule has 0 unspecified atom stereocenters. The predicted octanol–water partition coefficient (Wildman–Crippen LogP) is 3.85. The van der Waals surface area contributed by atoms with Crippen molar-refractivity contribution in [3.05, 3.63) is 12.7 Å². The van der Waals surface area contributed by atoms with E-state index in [0.29, 0.717) is 5.41 Å². The van der Waals surface area contributed by atoms with Crippen molar-refractivity contribution in [2.45, 2.75) is 58.4 Å². The molecule has 88 valence electrons. The summed E-state index contributed by atoms with van der Waals surface area (Å²) in [7, 11) is 2.26. The van der Waals surface area contributed by atoms with Crippen molar-refractivity contribution in [2.75, 3.05) is 13.6 Å². The van der Waals surface area contributed by atoms with Crippen molar-refractivity contribution in [1.29, 1.82) is 0 Å². The van der Waals surface area contributed by atoms with Crippen LogP contribution in [0.15, 0.2) is 12.7 Å². The largest absolute Gasteiger partial charge is 0.304 e. The van der Waals surface area contributed by atoms with Gasteiger partial charge in [0.1, 0.15) is 0 Å². The normalized spacial score (nSPS) is 30.3. The lowest BCUT2D eigenvalue weighted by atomic mass is 9.60. The molecule has 1 saturated carbocycles. The Morgan fingerprint density at radius 3 is 2.47 bits per heavy atom. The van der Waals surface area contributed by atoms with Crippen molar-refractivity contribution < 1.29 is 0 Å². The Kier molecular flexibility index (Phi) is 4.85. The standard InChI is InChI=1S/C14H27N/c1-5-8-10-14(9-6-2)11-13(12-14)15(4)7-3/h5,13H,1,6-12H2,2-4H3. The second kappa shape index (κ2) is 5.69. The van der Waals surface area contributed by atoms with E-state index in [1.807, 2.05) is 0 Å². The topological polar surface area (TPSA) is 3.24 Å². The second-order valence-corrected chi connectivity index (χ2v) is 5.21. The SMILES string of the molecule is C=CCCC1(CCC)CC(N(C)CC)C1. The van der Waals surface area contributed by atoms with Crippen LogP contribution in [0.25, 0.3) is 0 Å². The quantitative estimate of drug-likeness (QED) is 0.576. The molecule has 1 nitrogen and oxygen atoms in total. The molecular weight excluding hydrogens is 182 g/mol. The Bertz CT molecular complexity index is 192. The van der Waals surface area contributed by atoms with E-state index in [4.69, 9.17) is 0 Å². The molecule has 0 bridgehead atoms. The Labute approximate surface area is 95.5 Å². The molecule has 0 N–H and O–H groups in total. The molecule has 0 heterocycles. The minimum Gasteiger partial charge on any atom is -0.304 e. The number of nitrogens with zero attached hydrogens (tertiary/aromatic N) is 1. The van der Waals surface area contributed by atoms with E-state index in [9.17, 15) is 0 Å². The predicted molar refractivity (Wildman–Crippen MR) is 68.1 cm³/mol. The highest BCUT2D eigenvalue weighted by atomic mass is 15.1. The number of hydrogen-bond donors (Lipinski definition) is 0. The molecule has 0 aromatic heterocycles. The highest BCUT2D eigenvalue weighted by molar-refractivity contribution is 4.98. The minimum absolute atomic E-state index is 0.664. The Morgan fingerprint density at radius 2 is 2.00 bits per heavy atom. The molecule has 0 aromatic rings. The van der Waals surface area contributed by atoms with E-state index in [1.54, 1.807) is 0 Å². The van der Waals surface area contributed by atoms with Crippen LogP contribution in [-0.2, 0) is 0 Å². The molecular formula is C14H27N. The zero-order valence-corrected chi connectivity index (χ0v) is 10.8. The van der Waals surface area contributed by atoms with Crippen LogP contribution in [0.4, 0.5) is 0 Å². The van der Waals surface area contributed by atoms with Gasteiger partial charge in [-0.25, -0.2) is 0 Å². The van der Waals surface area contributed by atoms with Crippen LogP contribution in [0, 0.1) is 5.41 Å². The second-order valence-electron chi connectivity index (χ2n) is 5.21. The van der Waals surface area contributed by atoms with Crippen molar-refractivity contribution >= 4 is 0 Å². The summed E-state index contributed by atoms with van der Waals surface area (Å²) in [6.45, 7) is 9.60. The maximum atomic E-state index is 3.84. The third-order valence-corrected chi connectivity index (χ3v) is 4.12. The Morgan fingerprint density at radius 1 is 1.33 bits per heavy atom. The third kappa shape index (κ3) is 3.07. The number of allylic oxidation sites excluding steroid dienone is 1. The maximum Gasteiger partial charge on any atom is 0.0103 e. The summed E-state index contributed by atoms with van der Waals surface area (Å²) in [6, 6.07) is 0.853. The Balaban J connectivity index is 2.40. The van der Waals surface area contributed by atoms with Gasteiger partial charge in [0.15, 0.2) is 0 Å². The monoisotopic (exact) mass is 209 g/mol. The van der Waals surface area contributed by atoms with E-state index >= 15 is 0 Å². The molecule has 0 aromatic carbocycles. The first kappa shape index (κ1) is 12.8. The van der Waals surface area contributed by atoms with Crippen molar-refractivity contribution in [2.24, 2.45) is 5.41 Å². The maximum absolute atomic E-state index is 3.84. The molecule has 1 heteroatoms. The first-order valence-electron chi connectivity index (χ1n) is 6.48. The summed E-state index contributed by atoms with van der Waals surface area (Å²) in [4.78, 5) is 2.50. The van der Waals surface area contributed by atoms with Crippen LogP contribution in [0.3, 0.4) is 0 Å². The highest BCUT2D eigenvalue weighted by Crippen LogP contribution is 2.50. The van der Waals surface area contributed by atoms with Gasteiger partial charge in [-0.15, -0.1) is 6.58 Å². The van der Waals surface area contributed by atoms with E-state index < -0.39 is 0 Å². The van der Waals surface area contributed by atoms with Gasteiger partial charge < -0.3 is 4.90 Å². The molecule has 1 rings (SSSR count). The molecule has 0 spiro atoms. The molecule has 0 amide bonds. The zero-order chi connectivity index (χ0) is 11.3. The lowest BCUT2D eigenvalue weighted by Gasteiger charge is -2.51. The van der Waals surface area contributed by atoms with Gasteiger partial charge in [-0.05, 0) is 51.1 Å². The first-order chi connectivity index (χ1) is 7.17. The average Bonchev–Trinajstić information content (AvgIpc) is 2.20. The fourth-order valence-electron chi connectivity index (χ4n) is 2.98. The smallest absolute Gasteiger partial charge is 0.0103 e. The van der Waals surface area contributed by atoms with Crippen molar-refractivity contribution in [1.82, 2.24) is 4.90 Å². The van der Waals surface area contributed by atoms with Crippen LogP contribution in [0.5, 0.6) is 0 Å². The third-order valence-electron chi connectivity index (χ3n) is 4.12. The summed E-state index contributed by atoms with van der Waals surface area (Å²) >= 11 is 0. The highest BCUT2D eigenvalue weighted by Gasteiger charge is 2.43. The fourth-order valence-corrected chi connectivity index (χ4v) is 2.98. The summed E-state index contributed by atoms with van der Waals surface area (Å²) < 4.78 is 0. The van der Waals surface area contributed by atoms with Crippen molar-refractivity contribution in [3.63, 3.8) is 0 Å². The number of hydrogen-bond acceptors (Lipinski definition) is 1. The summed E-state index contributed by atoms with van der Waals surface area (Å²) in [5, 5.41) is 0. The average molecular weight is 209 g/mol. The lowest BCUT2D eigenvalue weighted by Crippen LogP contribution is -2.49. The van der Waals surface area contributed by atoms with Crippen LogP contribution in [-0.4, -0.2) is 24.5 Å². The van der Waals surface area contributed by atoms with Crippen LogP contribution in [0.2, 0.25) is 0 Å². The molecule has 15 heavy (non-hydrogen) atoms. The first-order valence-corrected chi connectivity index (χ1v) is 6.48. The van der Waals surface area contributed by atoms with Crippen LogP contribution < -0.4 is 0 Å². The lowest BCUT2D eigenvalue weighted by molar-refractivity contribution is 0.00192. The van der Waals surface area contributed by atoms with Gasteiger partial charge in [0.05, 0.1) is 0 Å². The summed E-state index contributed by atoms with van der Waals surface area (Å²) in [6.07, 6.45) is 10.2. The Hall–Kier alpha value is -0.300. The van der Waals surface area contributed by atoms with Gasteiger partial charge in [0.25, 0.3) is 0 Å².